The van der Waals surface area contributed by atoms with Gasteiger partial charge in [0.05, 0.1) is 11.9 Å². The summed E-state index contributed by atoms with van der Waals surface area (Å²) in [4.78, 5) is 15.5. The largest absolute Gasteiger partial charge is 0.391 e. The summed E-state index contributed by atoms with van der Waals surface area (Å²) in [6, 6.07) is 3.90. The number of aromatic nitrogens is 3. The Hall–Kier alpha value is -3.50. The third-order valence-corrected chi connectivity index (χ3v) is 6.29. The van der Waals surface area contributed by atoms with E-state index in [0.29, 0.717) is 17.1 Å². The van der Waals surface area contributed by atoms with Crippen molar-refractivity contribution >= 4 is 23.1 Å². The molecule has 3 heterocycles. The summed E-state index contributed by atoms with van der Waals surface area (Å²) in [7, 11) is 3.67. The van der Waals surface area contributed by atoms with E-state index in [1.54, 1.807) is 13.1 Å². The van der Waals surface area contributed by atoms with Crippen LogP contribution in [0.4, 0.5) is 20.5 Å². The predicted molar refractivity (Wildman–Crippen MR) is 138 cm³/mol. The van der Waals surface area contributed by atoms with Crippen LogP contribution >= 0.6 is 0 Å². The topological polar surface area (TPSA) is 102 Å². The van der Waals surface area contributed by atoms with Gasteiger partial charge in [0.25, 0.3) is 0 Å². The number of nitrogens with zero attached hydrogens (tertiary/aromatic N) is 4. The van der Waals surface area contributed by atoms with Crippen LogP contribution in [0.5, 0.6) is 0 Å². The molecule has 0 spiro atoms. The van der Waals surface area contributed by atoms with Crippen LogP contribution in [-0.4, -0.2) is 59.3 Å². The molecule has 10 heteroatoms. The normalized spacial score (nSPS) is 17.5. The minimum atomic E-state index is -0.747. The number of nitrogens with one attached hydrogen (secondary N) is 4. The Morgan fingerprint density at radius 1 is 1.17 bits per heavy atom. The molecule has 0 unspecified atom stereocenters. The molecule has 4 rings (SSSR count). The summed E-state index contributed by atoms with van der Waals surface area (Å²) >= 11 is 0. The van der Waals surface area contributed by atoms with Crippen molar-refractivity contribution in [1.82, 2.24) is 30.5 Å². The molecule has 2 aliphatic rings. The second-order valence-corrected chi connectivity index (χ2v) is 9.15. The van der Waals surface area contributed by atoms with Crippen molar-refractivity contribution in [3.63, 3.8) is 0 Å². The van der Waals surface area contributed by atoms with E-state index in [-0.39, 0.29) is 28.8 Å². The quantitative estimate of drug-likeness (QED) is 0.444. The van der Waals surface area contributed by atoms with E-state index in [1.165, 1.54) is 5.56 Å². The highest BCUT2D eigenvalue weighted by molar-refractivity contribution is 6.15. The minimum absolute atomic E-state index is 0.0201. The molecule has 0 atom stereocenters. The lowest BCUT2D eigenvalue weighted by molar-refractivity contribution is 0.254. The molecular weight excluding hydrogens is 462 g/mol. The SMILES string of the molecule is CNCCN1CCc2nc(Nc3ncc(F)c(C4=C/C(=C(/NC)C(C)C)C(=N)C(F)=C4)n3)ccc2C1. The van der Waals surface area contributed by atoms with E-state index in [0.717, 1.165) is 50.6 Å². The lowest BCUT2D eigenvalue weighted by atomic mass is 9.92. The zero-order valence-corrected chi connectivity index (χ0v) is 21.0. The molecule has 36 heavy (non-hydrogen) atoms. The maximum Gasteiger partial charge on any atom is 0.229 e. The minimum Gasteiger partial charge on any atom is -0.391 e. The molecule has 8 nitrogen and oxygen atoms in total. The highest BCUT2D eigenvalue weighted by atomic mass is 19.1. The van der Waals surface area contributed by atoms with E-state index in [9.17, 15) is 8.78 Å². The Balaban J connectivity index is 1.60. The van der Waals surface area contributed by atoms with Gasteiger partial charge in [-0.3, -0.25) is 10.3 Å². The molecule has 1 aliphatic heterocycles. The van der Waals surface area contributed by atoms with Crippen LogP contribution in [0.1, 0.15) is 30.8 Å². The number of hydrogen-bond donors (Lipinski definition) is 4. The van der Waals surface area contributed by atoms with Gasteiger partial charge in [-0.1, -0.05) is 19.9 Å². The monoisotopic (exact) mass is 494 g/mol. The molecule has 0 radical (unpaired) electrons. The van der Waals surface area contributed by atoms with Gasteiger partial charge in [-0.15, -0.1) is 0 Å². The summed E-state index contributed by atoms with van der Waals surface area (Å²) in [5.74, 6) is -0.688. The van der Waals surface area contributed by atoms with E-state index in [4.69, 9.17) is 10.4 Å². The summed E-state index contributed by atoms with van der Waals surface area (Å²) in [5, 5.41) is 17.4. The second-order valence-electron chi connectivity index (χ2n) is 9.15. The van der Waals surface area contributed by atoms with Crippen molar-refractivity contribution in [2.75, 3.05) is 39.0 Å². The fourth-order valence-corrected chi connectivity index (χ4v) is 4.44. The first-order chi connectivity index (χ1) is 17.3. The van der Waals surface area contributed by atoms with Crippen LogP contribution in [-0.2, 0) is 13.0 Å². The molecular formula is C26H32F2N8. The molecule has 2 aromatic heterocycles. The van der Waals surface area contributed by atoms with Crippen molar-refractivity contribution in [3.8, 4) is 0 Å². The molecule has 4 N–H and O–H groups in total. The summed E-state index contributed by atoms with van der Waals surface area (Å²) in [6.07, 6.45) is 4.61. The zero-order valence-electron chi connectivity index (χ0n) is 21.0. The van der Waals surface area contributed by atoms with Crippen LogP contribution in [0.3, 0.4) is 0 Å². The van der Waals surface area contributed by atoms with Gasteiger partial charge < -0.3 is 16.0 Å². The molecule has 190 valence electrons. The van der Waals surface area contributed by atoms with Crippen LogP contribution in [0, 0.1) is 17.1 Å². The average molecular weight is 495 g/mol. The summed E-state index contributed by atoms with van der Waals surface area (Å²) in [5.41, 5.74) is 3.20. The lowest BCUT2D eigenvalue weighted by Gasteiger charge is -2.28. The van der Waals surface area contributed by atoms with Crippen molar-refractivity contribution in [3.05, 3.63) is 70.3 Å². The van der Waals surface area contributed by atoms with Crippen LogP contribution in [0.15, 0.2) is 47.6 Å². The first-order valence-electron chi connectivity index (χ1n) is 12.1. The van der Waals surface area contributed by atoms with Crippen molar-refractivity contribution in [2.45, 2.75) is 26.8 Å². The van der Waals surface area contributed by atoms with E-state index >= 15 is 0 Å². The number of rotatable bonds is 8. The van der Waals surface area contributed by atoms with Crippen molar-refractivity contribution < 1.29 is 8.78 Å². The molecule has 0 bridgehead atoms. The maximum absolute atomic E-state index is 14.8. The molecule has 1 aliphatic carbocycles. The Labute approximate surface area is 210 Å². The van der Waals surface area contributed by atoms with Gasteiger partial charge in [0, 0.05) is 62.2 Å². The van der Waals surface area contributed by atoms with Gasteiger partial charge in [0.2, 0.25) is 5.95 Å². The molecule has 0 fully saturated rings. The third-order valence-electron chi connectivity index (χ3n) is 6.29. The lowest BCUT2D eigenvalue weighted by Crippen LogP contribution is -2.35. The Morgan fingerprint density at radius 2 is 1.97 bits per heavy atom. The number of hydrogen-bond acceptors (Lipinski definition) is 8. The number of likely N-dealkylation sites (N-methyl/N-ethyl adjacent to an activating group) is 1. The van der Waals surface area contributed by atoms with E-state index in [2.05, 4.69) is 30.8 Å². The average Bonchev–Trinajstić information content (AvgIpc) is 2.86. The van der Waals surface area contributed by atoms with Gasteiger partial charge >= 0.3 is 0 Å². The number of pyridine rings is 1. The fraction of sp³-hybridized carbons (Fsp3) is 0.385. The molecule has 0 aromatic carbocycles. The summed E-state index contributed by atoms with van der Waals surface area (Å²) < 4.78 is 29.5. The van der Waals surface area contributed by atoms with Gasteiger partial charge in [-0.05, 0) is 36.7 Å². The van der Waals surface area contributed by atoms with E-state index in [1.807, 2.05) is 33.0 Å². The van der Waals surface area contributed by atoms with Crippen molar-refractivity contribution in [1.29, 1.82) is 5.41 Å². The maximum atomic E-state index is 14.8. The molecule has 0 amide bonds. The van der Waals surface area contributed by atoms with Gasteiger partial charge in [0.1, 0.15) is 17.3 Å². The molecule has 0 saturated carbocycles. The van der Waals surface area contributed by atoms with Crippen molar-refractivity contribution in [2.24, 2.45) is 5.92 Å². The second kappa shape index (κ2) is 11.0. The Kier molecular flexibility index (Phi) is 7.85. The first-order valence-corrected chi connectivity index (χ1v) is 12.1. The van der Waals surface area contributed by atoms with Crippen LogP contribution in [0.25, 0.3) is 5.57 Å². The highest BCUT2D eigenvalue weighted by Crippen LogP contribution is 2.31. The number of anilines is 2. The number of halogens is 2. The van der Waals surface area contributed by atoms with Crippen LogP contribution in [0.2, 0.25) is 0 Å². The van der Waals surface area contributed by atoms with Gasteiger partial charge in [-0.25, -0.2) is 23.7 Å². The molecule has 0 saturated heterocycles. The summed E-state index contributed by atoms with van der Waals surface area (Å²) in [6.45, 7) is 7.58. The third kappa shape index (κ3) is 5.50. The van der Waals surface area contributed by atoms with E-state index < -0.39 is 11.6 Å². The predicted octanol–water partition coefficient (Wildman–Crippen LogP) is 3.73. The Bertz CT molecular complexity index is 1250. The smallest absolute Gasteiger partial charge is 0.229 e. The zero-order chi connectivity index (χ0) is 25.8. The van der Waals surface area contributed by atoms with Gasteiger partial charge in [-0.2, -0.15) is 0 Å². The number of fused-ring (bicyclic) bond motifs is 1. The first kappa shape index (κ1) is 25.6. The van der Waals surface area contributed by atoms with Gasteiger partial charge in [0.15, 0.2) is 5.82 Å². The fourth-order valence-electron chi connectivity index (χ4n) is 4.44. The standard InChI is InChI=1S/C26H32F2N8/c1-15(2)24(31-4)18-11-17(12-19(27)23(18)29)25-20(28)13-32-26(35-25)34-22-6-5-16-14-36(10-8-30-3)9-7-21(16)33-22/h5-6,11-13,15,29-31H,7-10,14H2,1-4H3,(H,32,33,34,35)/b24-18-,29-23?. The highest BCUT2D eigenvalue weighted by Gasteiger charge is 2.24. The van der Waals surface area contributed by atoms with Crippen LogP contribution < -0.4 is 16.0 Å². The molecule has 2 aromatic rings. The number of allylic oxidation sites excluding steroid dienone is 6. The Morgan fingerprint density at radius 3 is 2.69 bits per heavy atom.